The Hall–Kier alpha value is -2.56. The first-order valence-electron chi connectivity index (χ1n) is 5.88. The monoisotopic (exact) mass is 275 g/mol. The zero-order valence-corrected chi connectivity index (χ0v) is 11.1. The summed E-state index contributed by atoms with van der Waals surface area (Å²) < 4.78 is 23.4. The summed E-state index contributed by atoms with van der Waals surface area (Å²) in [5.74, 6) is 0.0783. The zero-order valence-electron chi connectivity index (χ0n) is 11.1. The number of methoxy groups -OCH3 is 2. The van der Waals surface area contributed by atoms with E-state index < -0.39 is 5.82 Å². The summed E-state index contributed by atoms with van der Waals surface area (Å²) in [6, 6.07) is 8.74. The molecule has 0 atom stereocenters. The molecular weight excluding hydrogens is 261 g/mol. The Kier molecular flexibility index (Phi) is 3.89. The summed E-state index contributed by atoms with van der Waals surface area (Å²) in [4.78, 5) is 12.4. The van der Waals surface area contributed by atoms with Gasteiger partial charge in [-0.15, -0.1) is 0 Å². The Morgan fingerprint density at radius 2 is 1.85 bits per heavy atom. The van der Waals surface area contributed by atoms with Gasteiger partial charge in [-0.05, 0) is 36.4 Å². The third-order valence-electron chi connectivity index (χ3n) is 2.91. The van der Waals surface area contributed by atoms with Crippen LogP contribution in [0.4, 0.5) is 10.1 Å². The maximum absolute atomic E-state index is 13.1. The molecule has 0 spiro atoms. The van der Waals surface area contributed by atoms with Gasteiger partial charge in [0.15, 0.2) is 5.78 Å². The molecule has 20 heavy (non-hydrogen) atoms. The van der Waals surface area contributed by atoms with Crippen LogP contribution in [0.2, 0.25) is 0 Å². The Labute approximate surface area is 115 Å². The van der Waals surface area contributed by atoms with E-state index in [1.54, 1.807) is 18.2 Å². The maximum Gasteiger partial charge on any atom is 0.196 e. The first kappa shape index (κ1) is 13.9. The summed E-state index contributed by atoms with van der Waals surface area (Å²) in [6.07, 6.45) is 0. The molecular formula is C15H14FNO3. The van der Waals surface area contributed by atoms with Gasteiger partial charge in [-0.1, -0.05) is 0 Å². The van der Waals surface area contributed by atoms with Crippen molar-refractivity contribution in [3.8, 4) is 11.5 Å². The lowest BCUT2D eigenvalue weighted by Crippen LogP contribution is -2.06. The van der Waals surface area contributed by atoms with Crippen molar-refractivity contribution in [1.82, 2.24) is 0 Å². The van der Waals surface area contributed by atoms with E-state index in [9.17, 15) is 9.18 Å². The predicted molar refractivity (Wildman–Crippen MR) is 73.8 cm³/mol. The molecule has 0 aliphatic carbocycles. The van der Waals surface area contributed by atoms with E-state index in [2.05, 4.69) is 0 Å². The fourth-order valence-electron chi connectivity index (χ4n) is 1.83. The minimum atomic E-state index is -0.556. The SMILES string of the molecule is COc1ccc(OC)c(C(=O)c2ccc(F)c(N)c2)c1. The predicted octanol–water partition coefficient (Wildman–Crippen LogP) is 2.66. The molecule has 0 saturated carbocycles. The molecule has 0 saturated heterocycles. The van der Waals surface area contributed by atoms with Crippen molar-refractivity contribution in [2.75, 3.05) is 20.0 Å². The van der Waals surface area contributed by atoms with Crippen molar-refractivity contribution in [1.29, 1.82) is 0 Å². The number of nitrogen functional groups attached to an aromatic ring is 1. The smallest absolute Gasteiger partial charge is 0.196 e. The maximum atomic E-state index is 13.1. The number of carbonyl (C=O) groups excluding carboxylic acids is 1. The molecule has 5 heteroatoms. The molecule has 0 radical (unpaired) electrons. The zero-order chi connectivity index (χ0) is 14.7. The number of nitrogens with two attached hydrogens (primary N) is 1. The summed E-state index contributed by atoms with van der Waals surface area (Å²) in [5, 5.41) is 0. The number of rotatable bonds is 4. The van der Waals surface area contributed by atoms with Gasteiger partial charge in [-0.3, -0.25) is 4.79 Å². The number of ketones is 1. The topological polar surface area (TPSA) is 61.5 Å². The van der Waals surface area contributed by atoms with E-state index in [1.165, 1.54) is 26.4 Å². The molecule has 0 aliphatic rings. The number of hydrogen-bond acceptors (Lipinski definition) is 4. The van der Waals surface area contributed by atoms with E-state index in [4.69, 9.17) is 15.2 Å². The van der Waals surface area contributed by atoms with Crippen molar-refractivity contribution in [2.24, 2.45) is 0 Å². The Balaban J connectivity index is 2.48. The number of halogens is 1. The van der Waals surface area contributed by atoms with Gasteiger partial charge in [0, 0.05) is 5.56 Å². The number of hydrogen-bond donors (Lipinski definition) is 1. The van der Waals surface area contributed by atoms with Crippen LogP contribution in [0.3, 0.4) is 0 Å². The highest BCUT2D eigenvalue weighted by Gasteiger charge is 2.16. The molecule has 2 aromatic rings. The molecule has 0 aliphatic heterocycles. The summed E-state index contributed by atoms with van der Waals surface area (Å²) in [5.41, 5.74) is 6.03. The second-order valence-corrected chi connectivity index (χ2v) is 4.13. The van der Waals surface area contributed by atoms with Gasteiger partial charge in [0.1, 0.15) is 17.3 Å². The van der Waals surface area contributed by atoms with Crippen molar-refractivity contribution in [2.45, 2.75) is 0 Å². The van der Waals surface area contributed by atoms with Crippen molar-refractivity contribution in [3.05, 3.63) is 53.3 Å². The van der Waals surface area contributed by atoms with Crippen LogP contribution < -0.4 is 15.2 Å². The highest BCUT2D eigenvalue weighted by Crippen LogP contribution is 2.27. The van der Waals surface area contributed by atoms with Crippen molar-refractivity contribution >= 4 is 11.5 Å². The first-order chi connectivity index (χ1) is 9.56. The average Bonchev–Trinajstić information content (AvgIpc) is 2.48. The van der Waals surface area contributed by atoms with Gasteiger partial charge in [0.25, 0.3) is 0 Å². The second-order valence-electron chi connectivity index (χ2n) is 4.13. The molecule has 2 N–H and O–H groups in total. The molecule has 104 valence electrons. The molecule has 0 amide bonds. The molecule has 0 heterocycles. The van der Waals surface area contributed by atoms with Crippen LogP contribution in [-0.4, -0.2) is 20.0 Å². The van der Waals surface area contributed by atoms with Gasteiger partial charge in [-0.25, -0.2) is 4.39 Å². The van der Waals surface area contributed by atoms with Gasteiger partial charge >= 0.3 is 0 Å². The minimum absolute atomic E-state index is 0.0716. The van der Waals surface area contributed by atoms with E-state index >= 15 is 0 Å². The van der Waals surface area contributed by atoms with Crippen LogP contribution in [0.1, 0.15) is 15.9 Å². The lowest BCUT2D eigenvalue weighted by molar-refractivity contribution is 0.103. The fourth-order valence-corrected chi connectivity index (χ4v) is 1.83. The average molecular weight is 275 g/mol. The summed E-state index contributed by atoms with van der Waals surface area (Å²) in [7, 11) is 2.98. The standard InChI is InChI=1S/C15H14FNO3/c1-19-10-4-6-14(20-2)11(8-10)15(18)9-3-5-12(16)13(17)7-9/h3-8H,17H2,1-2H3. The number of benzene rings is 2. The summed E-state index contributed by atoms with van der Waals surface area (Å²) in [6.45, 7) is 0. The molecule has 2 rings (SSSR count). The first-order valence-corrected chi connectivity index (χ1v) is 5.88. The summed E-state index contributed by atoms with van der Waals surface area (Å²) >= 11 is 0. The normalized spacial score (nSPS) is 10.2. The van der Waals surface area contributed by atoms with Crippen LogP contribution in [0.15, 0.2) is 36.4 Å². The highest BCUT2D eigenvalue weighted by atomic mass is 19.1. The molecule has 0 unspecified atom stereocenters. The minimum Gasteiger partial charge on any atom is -0.497 e. The molecule has 0 aromatic heterocycles. The number of ether oxygens (including phenoxy) is 2. The van der Waals surface area contributed by atoms with E-state index in [0.29, 0.717) is 17.1 Å². The molecule has 4 nitrogen and oxygen atoms in total. The van der Waals surface area contributed by atoms with Crippen LogP contribution >= 0.6 is 0 Å². The van der Waals surface area contributed by atoms with Crippen molar-refractivity contribution < 1.29 is 18.7 Å². The van der Waals surface area contributed by atoms with Gasteiger partial charge in [0.05, 0.1) is 25.5 Å². The Morgan fingerprint density at radius 1 is 1.10 bits per heavy atom. The van der Waals surface area contributed by atoms with Crippen LogP contribution in [0.25, 0.3) is 0 Å². The number of anilines is 1. The molecule has 0 fully saturated rings. The van der Waals surface area contributed by atoms with Crippen molar-refractivity contribution in [3.63, 3.8) is 0 Å². The van der Waals surface area contributed by atoms with Gasteiger partial charge in [0.2, 0.25) is 0 Å². The molecule has 2 aromatic carbocycles. The third kappa shape index (κ3) is 2.56. The second kappa shape index (κ2) is 5.61. The van der Waals surface area contributed by atoms with Crippen LogP contribution in [-0.2, 0) is 0 Å². The quantitative estimate of drug-likeness (QED) is 0.688. The highest BCUT2D eigenvalue weighted by molar-refractivity contribution is 6.11. The lowest BCUT2D eigenvalue weighted by atomic mass is 10.0. The number of carbonyl (C=O) groups is 1. The Morgan fingerprint density at radius 3 is 2.45 bits per heavy atom. The van der Waals surface area contributed by atoms with Crippen LogP contribution in [0, 0.1) is 5.82 Å². The van der Waals surface area contributed by atoms with E-state index in [-0.39, 0.29) is 17.0 Å². The van der Waals surface area contributed by atoms with E-state index in [0.717, 1.165) is 6.07 Å². The lowest BCUT2D eigenvalue weighted by Gasteiger charge is -2.10. The third-order valence-corrected chi connectivity index (χ3v) is 2.91. The van der Waals surface area contributed by atoms with Gasteiger partial charge in [-0.2, -0.15) is 0 Å². The Bertz CT molecular complexity index is 656. The van der Waals surface area contributed by atoms with E-state index in [1.807, 2.05) is 0 Å². The van der Waals surface area contributed by atoms with Gasteiger partial charge < -0.3 is 15.2 Å². The fraction of sp³-hybridized carbons (Fsp3) is 0.133. The van der Waals surface area contributed by atoms with Crippen LogP contribution in [0.5, 0.6) is 11.5 Å². The molecule has 0 bridgehead atoms. The largest absolute Gasteiger partial charge is 0.497 e.